The Kier molecular flexibility index (Phi) is 6.90. The van der Waals surface area contributed by atoms with Gasteiger partial charge in [0, 0.05) is 44.1 Å². The molecular formula is C27H25N5O2S. The second kappa shape index (κ2) is 10.6. The smallest absolute Gasteiger partial charge is 0.256 e. The van der Waals surface area contributed by atoms with Crippen molar-refractivity contribution in [2.24, 2.45) is 0 Å². The fraction of sp³-hybridized carbons (Fsp3) is 0.185. The Bertz CT molecular complexity index is 1290. The van der Waals surface area contributed by atoms with E-state index in [1.807, 2.05) is 84.0 Å². The highest BCUT2D eigenvalue weighted by Gasteiger charge is 2.25. The van der Waals surface area contributed by atoms with Crippen LogP contribution in [-0.2, 0) is 0 Å². The number of pyridine rings is 1. The van der Waals surface area contributed by atoms with Gasteiger partial charge in [-0.2, -0.15) is 0 Å². The van der Waals surface area contributed by atoms with Crippen LogP contribution in [0.5, 0.6) is 11.5 Å². The zero-order valence-corrected chi connectivity index (χ0v) is 20.2. The highest BCUT2D eigenvalue weighted by atomic mass is 32.2. The zero-order chi connectivity index (χ0) is 24.0. The lowest BCUT2D eigenvalue weighted by molar-refractivity contribution is 0.0742. The number of carbonyl (C=O) groups excluding carboxylic acids is 1. The fourth-order valence-electron chi connectivity index (χ4n) is 3.98. The van der Waals surface area contributed by atoms with Crippen LogP contribution in [0.2, 0.25) is 0 Å². The van der Waals surface area contributed by atoms with E-state index in [9.17, 15) is 4.79 Å². The first-order chi connectivity index (χ1) is 17.2. The van der Waals surface area contributed by atoms with Crippen LogP contribution in [0.15, 0.2) is 90.2 Å². The number of rotatable bonds is 6. The van der Waals surface area contributed by atoms with Gasteiger partial charge in [0.15, 0.2) is 0 Å². The molecule has 0 N–H and O–H groups in total. The first kappa shape index (κ1) is 22.9. The monoisotopic (exact) mass is 483 g/mol. The summed E-state index contributed by atoms with van der Waals surface area (Å²) in [4.78, 5) is 30.6. The summed E-state index contributed by atoms with van der Waals surface area (Å²) in [5, 5.41) is 0.760. The molecule has 3 heterocycles. The molecule has 1 saturated heterocycles. The molecule has 5 rings (SSSR count). The van der Waals surface area contributed by atoms with Gasteiger partial charge in [-0.05, 0) is 60.9 Å². The van der Waals surface area contributed by atoms with Crippen LogP contribution in [0.1, 0.15) is 10.4 Å². The Morgan fingerprint density at radius 3 is 2.31 bits per heavy atom. The van der Waals surface area contributed by atoms with Crippen LogP contribution < -0.4 is 9.64 Å². The predicted octanol–water partition coefficient (Wildman–Crippen LogP) is 5.02. The minimum absolute atomic E-state index is 0.0228. The first-order valence-corrected chi connectivity index (χ1v) is 12.6. The van der Waals surface area contributed by atoms with Gasteiger partial charge in [-0.15, -0.1) is 11.8 Å². The van der Waals surface area contributed by atoms with Gasteiger partial charge in [0.25, 0.3) is 5.91 Å². The van der Waals surface area contributed by atoms with Crippen molar-refractivity contribution < 1.29 is 9.53 Å². The minimum atomic E-state index is 0.0228. The standard InChI is InChI=1S/C27H25N5O2S/c1-35-25-23(8-5-14-28-25)26(33)31-16-18-32(19-17-31)27-29-15-13-24(30-27)20-9-11-22(12-10-20)34-21-6-3-2-4-7-21/h2-15H,16-19H2,1H3. The fourth-order valence-corrected chi connectivity index (χ4v) is 4.52. The van der Waals surface area contributed by atoms with Crippen LogP contribution >= 0.6 is 11.8 Å². The third-order valence-corrected chi connectivity index (χ3v) is 6.53. The summed E-state index contributed by atoms with van der Waals surface area (Å²) in [6.07, 6.45) is 5.43. The number of para-hydroxylation sites is 1. The summed E-state index contributed by atoms with van der Waals surface area (Å²) in [7, 11) is 0. The van der Waals surface area contributed by atoms with Crippen LogP contribution in [-0.4, -0.2) is 58.2 Å². The first-order valence-electron chi connectivity index (χ1n) is 11.4. The average Bonchev–Trinajstić information content (AvgIpc) is 2.94. The number of amides is 1. The van der Waals surface area contributed by atoms with Crippen molar-refractivity contribution in [2.75, 3.05) is 37.3 Å². The number of hydrogen-bond acceptors (Lipinski definition) is 7. The molecule has 0 saturated carbocycles. The minimum Gasteiger partial charge on any atom is -0.457 e. The summed E-state index contributed by atoms with van der Waals surface area (Å²) >= 11 is 1.49. The van der Waals surface area contributed by atoms with Crippen molar-refractivity contribution in [1.29, 1.82) is 0 Å². The molecular weight excluding hydrogens is 458 g/mol. The molecule has 7 nitrogen and oxygen atoms in total. The summed E-state index contributed by atoms with van der Waals surface area (Å²) in [6.45, 7) is 2.57. The van der Waals surface area contributed by atoms with E-state index in [0.29, 0.717) is 37.7 Å². The van der Waals surface area contributed by atoms with E-state index < -0.39 is 0 Å². The van der Waals surface area contributed by atoms with Gasteiger partial charge < -0.3 is 14.5 Å². The number of anilines is 1. The molecule has 1 aliphatic rings. The largest absolute Gasteiger partial charge is 0.457 e. The van der Waals surface area contributed by atoms with Gasteiger partial charge in [0.05, 0.1) is 11.3 Å². The number of thioether (sulfide) groups is 1. The summed E-state index contributed by atoms with van der Waals surface area (Å²) in [6, 6.07) is 23.1. The van der Waals surface area contributed by atoms with E-state index in [0.717, 1.165) is 27.8 Å². The number of piperazine rings is 1. The number of hydrogen-bond donors (Lipinski definition) is 0. The third-order valence-electron chi connectivity index (χ3n) is 5.82. The van der Waals surface area contributed by atoms with Crippen LogP contribution in [0.3, 0.4) is 0 Å². The lowest BCUT2D eigenvalue weighted by Crippen LogP contribution is -2.49. The summed E-state index contributed by atoms with van der Waals surface area (Å²) < 4.78 is 5.89. The molecule has 35 heavy (non-hydrogen) atoms. The molecule has 0 radical (unpaired) electrons. The van der Waals surface area contributed by atoms with Crippen molar-refractivity contribution in [3.05, 3.63) is 90.8 Å². The molecule has 0 aliphatic carbocycles. The van der Waals surface area contributed by atoms with Crippen LogP contribution in [0, 0.1) is 0 Å². The maximum atomic E-state index is 13.0. The Hall–Kier alpha value is -3.91. The highest BCUT2D eigenvalue weighted by Crippen LogP contribution is 2.26. The summed E-state index contributed by atoms with van der Waals surface area (Å²) in [5.41, 5.74) is 2.50. The Morgan fingerprint density at radius 1 is 0.829 bits per heavy atom. The number of aromatic nitrogens is 3. The van der Waals surface area contributed by atoms with Gasteiger partial charge in [0.2, 0.25) is 5.95 Å². The van der Waals surface area contributed by atoms with Crippen molar-refractivity contribution in [2.45, 2.75) is 5.03 Å². The normalized spacial score (nSPS) is 13.5. The zero-order valence-electron chi connectivity index (χ0n) is 19.4. The van der Waals surface area contributed by atoms with E-state index in [1.54, 1.807) is 12.4 Å². The lowest BCUT2D eigenvalue weighted by atomic mass is 10.1. The highest BCUT2D eigenvalue weighted by molar-refractivity contribution is 7.98. The van der Waals surface area contributed by atoms with Crippen molar-refractivity contribution in [1.82, 2.24) is 19.9 Å². The van der Waals surface area contributed by atoms with Gasteiger partial charge in [-0.3, -0.25) is 4.79 Å². The van der Waals surface area contributed by atoms with Crippen LogP contribution in [0.25, 0.3) is 11.3 Å². The van der Waals surface area contributed by atoms with Crippen molar-refractivity contribution in [3.8, 4) is 22.8 Å². The van der Waals surface area contributed by atoms with Crippen molar-refractivity contribution >= 4 is 23.6 Å². The molecule has 2 aromatic heterocycles. The van der Waals surface area contributed by atoms with E-state index in [1.165, 1.54) is 11.8 Å². The summed E-state index contributed by atoms with van der Waals surface area (Å²) in [5.74, 6) is 2.27. The van der Waals surface area contributed by atoms with E-state index >= 15 is 0 Å². The molecule has 1 aliphatic heterocycles. The third kappa shape index (κ3) is 5.27. The SMILES string of the molecule is CSc1ncccc1C(=O)N1CCN(c2nccc(-c3ccc(Oc4ccccc4)cc3)n2)CC1. The molecule has 1 amide bonds. The Labute approximate surface area is 208 Å². The molecule has 0 atom stereocenters. The molecule has 1 fully saturated rings. The van der Waals surface area contributed by atoms with Crippen LogP contribution in [0.4, 0.5) is 5.95 Å². The molecule has 8 heteroatoms. The van der Waals surface area contributed by atoms with Gasteiger partial charge in [-0.1, -0.05) is 18.2 Å². The number of ether oxygens (including phenoxy) is 1. The molecule has 176 valence electrons. The van der Waals surface area contributed by atoms with Gasteiger partial charge >= 0.3 is 0 Å². The topological polar surface area (TPSA) is 71.5 Å². The van der Waals surface area contributed by atoms with E-state index in [4.69, 9.17) is 9.72 Å². The van der Waals surface area contributed by atoms with Gasteiger partial charge in [0.1, 0.15) is 16.5 Å². The van der Waals surface area contributed by atoms with Crippen molar-refractivity contribution in [3.63, 3.8) is 0 Å². The van der Waals surface area contributed by atoms with E-state index in [2.05, 4.69) is 14.9 Å². The number of nitrogens with zero attached hydrogens (tertiary/aromatic N) is 5. The van der Waals surface area contributed by atoms with E-state index in [-0.39, 0.29) is 5.91 Å². The maximum absolute atomic E-state index is 13.0. The predicted molar refractivity (Wildman–Crippen MR) is 138 cm³/mol. The molecule has 4 aromatic rings. The molecule has 0 unspecified atom stereocenters. The maximum Gasteiger partial charge on any atom is 0.256 e. The van der Waals surface area contributed by atoms with Gasteiger partial charge in [-0.25, -0.2) is 15.0 Å². The lowest BCUT2D eigenvalue weighted by Gasteiger charge is -2.35. The number of benzene rings is 2. The molecule has 0 spiro atoms. The second-order valence-electron chi connectivity index (χ2n) is 8.02. The molecule has 2 aromatic carbocycles. The quantitative estimate of drug-likeness (QED) is 0.357. The second-order valence-corrected chi connectivity index (χ2v) is 8.82. The Balaban J connectivity index is 1.24. The molecule has 0 bridgehead atoms. The number of carbonyl (C=O) groups is 1. The Morgan fingerprint density at radius 2 is 1.57 bits per heavy atom. The average molecular weight is 484 g/mol.